The van der Waals surface area contributed by atoms with Gasteiger partial charge in [0.15, 0.2) is 0 Å². The summed E-state index contributed by atoms with van der Waals surface area (Å²) in [5.74, 6) is -0.236. The predicted molar refractivity (Wildman–Crippen MR) is 111 cm³/mol. The van der Waals surface area contributed by atoms with Crippen LogP contribution >= 0.6 is 0 Å². The van der Waals surface area contributed by atoms with Crippen LogP contribution in [0.1, 0.15) is 22.8 Å². The van der Waals surface area contributed by atoms with Crippen LogP contribution in [-0.2, 0) is 16.4 Å². The lowest BCUT2D eigenvalue weighted by Crippen LogP contribution is -2.30. The maximum absolute atomic E-state index is 12.7. The zero-order valence-corrected chi connectivity index (χ0v) is 16.5. The lowest BCUT2D eigenvalue weighted by molar-refractivity contribution is 0.102. The van der Waals surface area contributed by atoms with E-state index in [2.05, 4.69) is 12.2 Å². The molecule has 0 spiro atoms. The highest BCUT2D eigenvalue weighted by Crippen LogP contribution is 2.42. The number of nitrogens with one attached hydrogen (secondary N) is 1. The third kappa shape index (κ3) is 2.96. The molecule has 28 heavy (non-hydrogen) atoms. The van der Waals surface area contributed by atoms with Gasteiger partial charge in [-0.2, -0.15) is 0 Å². The van der Waals surface area contributed by atoms with Crippen molar-refractivity contribution in [3.05, 3.63) is 77.9 Å². The average Bonchev–Trinajstić information content (AvgIpc) is 2.72. The molecule has 4 rings (SSSR count). The van der Waals surface area contributed by atoms with Crippen LogP contribution in [0.3, 0.4) is 0 Å². The highest BCUT2D eigenvalue weighted by atomic mass is 32.2. The van der Waals surface area contributed by atoms with E-state index in [1.54, 1.807) is 42.5 Å². The first-order valence-corrected chi connectivity index (χ1v) is 10.5. The molecule has 0 saturated carbocycles. The molecule has 1 aliphatic heterocycles. The molecular weight excluding hydrogens is 372 g/mol. The minimum atomic E-state index is -3.59. The predicted octanol–water partition coefficient (Wildman–Crippen LogP) is 4.31. The fourth-order valence-electron chi connectivity index (χ4n) is 3.39. The van der Waals surface area contributed by atoms with Gasteiger partial charge in [0, 0.05) is 29.4 Å². The monoisotopic (exact) mass is 392 g/mol. The van der Waals surface area contributed by atoms with E-state index in [9.17, 15) is 13.2 Å². The number of aryl methyl sites for hydroxylation is 1. The molecule has 1 N–H and O–H groups in total. The lowest BCUT2D eigenvalue weighted by Gasteiger charge is -2.29. The number of benzene rings is 3. The molecule has 1 amide bonds. The van der Waals surface area contributed by atoms with Crippen molar-refractivity contribution in [2.75, 3.05) is 16.7 Å². The molecule has 0 saturated heterocycles. The first-order chi connectivity index (χ1) is 13.4. The average molecular weight is 392 g/mol. The first kappa shape index (κ1) is 18.3. The zero-order valence-electron chi connectivity index (χ0n) is 15.6. The molecule has 0 bridgehead atoms. The van der Waals surface area contributed by atoms with Gasteiger partial charge in [0.2, 0.25) is 0 Å². The number of carbonyl (C=O) groups excluding carboxylic acids is 1. The van der Waals surface area contributed by atoms with Gasteiger partial charge in [-0.15, -0.1) is 0 Å². The Hall–Kier alpha value is -3.12. The van der Waals surface area contributed by atoms with E-state index in [0.29, 0.717) is 16.8 Å². The molecule has 6 heteroatoms. The summed E-state index contributed by atoms with van der Waals surface area (Å²) in [6.07, 6.45) is 0.939. The molecule has 0 atom stereocenters. The highest BCUT2D eigenvalue weighted by molar-refractivity contribution is 7.93. The molecule has 0 aromatic heterocycles. The third-order valence-electron chi connectivity index (χ3n) is 5.03. The van der Waals surface area contributed by atoms with Gasteiger partial charge in [-0.05, 0) is 48.4 Å². The maximum atomic E-state index is 12.7. The molecule has 1 heterocycles. The van der Waals surface area contributed by atoms with E-state index in [-0.39, 0.29) is 10.8 Å². The summed E-state index contributed by atoms with van der Waals surface area (Å²) >= 11 is 0. The standard InChI is InChI=1S/C22H20N2O3S/c1-3-15-8-11-17(12-9-15)23-22(25)16-10-13-20-19(14-16)18-6-4-5-7-21(18)28(26,27)24(20)2/h4-14H,3H2,1-2H3,(H,23,25). The van der Waals surface area contributed by atoms with Crippen LogP contribution in [-0.4, -0.2) is 21.4 Å². The molecule has 0 unspecified atom stereocenters. The SMILES string of the molecule is CCc1ccc(NC(=O)c2ccc3c(c2)-c2ccccc2S(=O)(=O)N3C)cc1. The van der Waals surface area contributed by atoms with Crippen LogP contribution in [0, 0.1) is 0 Å². The van der Waals surface area contributed by atoms with Crippen molar-refractivity contribution < 1.29 is 13.2 Å². The zero-order chi connectivity index (χ0) is 19.9. The van der Waals surface area contributed by atoms with Crippen molar-refractivity contribution in [1.82, 2.24) is 0 Å². The minimum absolute atomic E-state index is 0.236. The number of nitrogens with zero attached hydrogens (tertiary/aromatic N) is 1. The number of sulfonamides is 1. The fourth-order valence-corrected chi connectivity index (χ4v) is 4.81. The number of hydrogen-bond donors (Lipinski definition) is 1. The van der Waals surface area contributed by atoms with Crippen molar-refractivity contribution in [3.8, 4) is 11.1 Å². The summed E-state index contributed by atoms with van der Waals surface area (Å²) in [5, 5.41) is 2.90. The van der Waals surface area contributed by atoms with Gasteiger partial charge in [-0.1, -0.05) is 37.3 Å². The van der Waals surface area contributed by atoms with E-state index < -0.39 is 10.0 Å². The number of anilines is 2. The van der Waals surface area contributed by atoms with Crippen molar-refractivity contribution in [2.24, 2.45) is 0 Å². The van der Waals surface area contributed by atoms with Crippen LogP contribution in [0.2, 0.25) is 0 Å². The normalized spacial score (nSPS) is 14.1. The Morgan fingerprint density at radius 1 is 0.964 bits per heavy atom. The summed E-state index contributed by atoms with van der Waals surface area (Å²) in [5.41, 5.74) is 4.29. The Morgan fingerprint density at radius 2 is 1.68 bits per heavy atom. The number of carbonyl (C=O) groups is 1. The topological polar surface area (TPSA) is 66.5 Å². The summed E-state index contributed by atoms with van der Waals surface area (Å²) in [4.78, 5) is 13.0. The van der Waals surface area contributed by atoms with Gasteiger partial charge in [0.1, 0.15) is 0 Å². The maximum Gasteiger partial charge on any atom is 0.264 e. The van der Waals surface area contributed by atoms with Crippen LogP contribution < -0.4 is 9.62 Å². The summed E-state index contributed by atoms with van der Waals surface area (Å²) < 4.78 is 26.7. The van der Waals surface area contributed by atoms with Crippen molar-refractivity contribution >= 4 is 27.3 Å². The number of rotatable bonds is 3. The number of amides is 1. The lowest BCUT2D eigenvalue weighted by atomic mass is 10.00. The van der Waals surface area contributed by atoms with Crippen molar-refractivity contribution in [2.45, 2.75) is 18.2 Å². The van der Waals surface area contributed by atoms with Gasteiger partial charge in [0.05, 0.1) is 10.6 Å². The summed E-state index contributed by atoms with van der Waals surface area (Å²) in [6, 6.07) is 19.7. The van der Waals surface area contributed by atoms with Gasteiger partial charge < -0.3 is 5.32 Å². The molecule has 5 nitrogen and oxygen atoms in total. The van der Waals surface area contributed by atoms with Gasteiger partial charge in [-0.3, -0.25) is 9.10 Å². The molecular formula is C22H20N2O3S. The second-order valence-electron chi connectivity index (χ2n) is 6.71. The summed E-state index contributed by atoms with van der Waals surface area (Å²) in [6.45, 7) is 2.08. The first-order valence-electron chi connectivity index (χ1n) is 9.04. The largest absolute Gasteiger partial charge is 0.322 e. The van der Waals surface area contributed by atoms with E-state index in [1.165, 1.54) is 16.9 Å². The van der Waals surface area contributed by atoms with E-state index >= 15 is 0 Å². The highest BCUT2D eigenvalue weighted by Gasteiger charge is 2.32. The quantitative estimate of drug-likeness (QED) is 0.722. The Kier molecular flexibility index (Phi) is 4.43. The fraction of sp³-hybridized carbons (Fsp3) is 0.136. The number of hydrogen-bond acceptors (Lipinski definition) is 3. The van der Waals surface area contributed by atoms with Gasteiger partial charge in [-0.25, -0.2) is 8.42 Å². The Balaban J connectivity index is 1.72. The van der Waals surface area contributed by atoms with Crippen LogP contribution in [0.15, 0.2) is 71.6 Å². The van der Waals surface area contributed by atoms with E-state index in [1.807, 2.05) is 24.3 Å². The molecule has 1 aliphatic rings. The Morgan fingerprint density at radius 3 is 2.39 bits per heavy atom. The van der Waals surface area contributed by atoms with Crippen molar-refractivity contribution in [1.29, 1.82) is 0 Å². The Labute approximate surface area is 164 Å². The molecule has 3 aromatic carbocycles. The van der Waals surface area contributed by atoms with Crippen molar-refractivity contribution in [3.63, 3.8) is 0 Å². The molecule has 3 aromatic rings. The van der Waals surface area contributed by atoms with Gasteiger partial charge >= 0.3 is 0 Å². The van der Waals surface area contributed by atoms with E-state index in [0.717, 1.165) is 17.7 Å². The van der Waals surface area contributed by atoms with Crippen LogP contribution in [0.5, 0.6) is 0 Å². The van der Waals surface area contributed by atoms with Crippen LogP contribution in [0.25, 0.3) is 11.1 Å². The smallest absolute Gasteiger partial charge is 0.264 e. The third-order valence-corrected chi connectivity index (χ3v) is 6.86. The molecule has 0 fully saturated rings. The molecule has 142 valence electrons. The van der Waals surface area contributed by atoms with Gasteiger partial charge in [0.25, 0.3) is 15.9 Å². The second kappa shape index (κ2) is 6.80. The Bertz CT molecular complexity index is 1170. The summed E-state index contributed by atoms with van der Waals surface area (Å²) in [7, 11) is -2.06. The number of fused-ring (bicyclic) bond motifs is 3. The molecule has 0 radical (unpaired) electrons. The van der Waals surface area contributed by atoms with Crippen LogP contribution in [0.4, 0.5) is 11.4 Å². The minimum Gasteiger partial charge on any atom is -0.322 e. The van der Waals surface area contributed by atoms with E-state index in [4.69, 9.17) is 0 Å². The second-order valence-corrected chi connectivity index (χ2v) is 8.64. The molecule has 0 aliphatic carbocycles.